The molecule has 0 aliphatic carbocycles. The fraction of sp³-hybridized carbons (Fsp3) is 0.250. The first-order chi connectivity index (χ1) is 13.2. The molecule has 1 amide bonds. The maximum Gasteiger partial charge on any atom is 0.438 e. The van der Waals surface area contributed by atoms with Crippen LogP contribution in [0.2, 0.25) is 0 Å². The highest BCUT2D eigenvalue weighted by Crippen LogP contribution is 2.26. The highest BCUT2D eigenvalue weighted by atomic mass is 19.4. The van der Waals surface area contributed by atoms with Crippen LogP contribution in [0, 0.1) is 13.8 Å². The topological polar surface area (TPSA) is 64.0 Å². The van der Waals surface area contributed by atoms with Crippen LogP contribution in [0.15, 0.2) is 47.3 Å². The van der Waals surface area contributed by atoms with E-state index in [1.807, 2.05) is 32.0 Å². The molecule has 0 atom stereocenters. The fourth-order valence-electron chi connectivity index (χ4n) is 2.92. The van der Waals surface area contributed by atoms with Crippen LogP contribution in [0.3, 0.4) is 0 Å². The second kappa shape index (κ2) is 7.46. The second-order valence-corrected chi connectivity index (χ2v) is 6.54. The number of aryl methyl sites for hydroxylation is 2. The van der Waals surface area contributed by atoms with Crippen LogP contribution in [0.25, 0.3) is 11.0 Å². The first-order valence-electron chi connectivity index (χ1n) is 8.56. The van der Waals surface area contributed by atoms with E-state index in [4.69, 9.17) is 0 Å². The first-order valence-corrected chi connectivity index (χ1v) is 8.56. The number of fused-ring (bicyclic) bond motifs is 1. The average molecular weight is 389 g/mol. The monoisotopic (exact) mass is 389 g/mol. The van der Waals surface area contributed by atoms with Crippen molar-refractivity contribution in [2.24, 2.45) is 0 Å². The molecule has 5 nitrogen and oxygen atoms in total. The van der Waals surface area contributed by atoms with Gasteiger partial charge in [-0.05, 0) is 37.1 Å². The number of nitrogens with zero attached hydrogens (tertiary/aromatic N) is 2. The lowest BCUT2D eigenvalue weighted by atomic mass is 10.1. The van der Waals surface area contributed by atoms with E-state index in [0.717, 1.165) is 21.3 Å². The Labute approximate surface area is 158 Å². The van der Waals surface area contributed by atoms with Gasteiger partial charge in [0.25, 0.3) is 5.56 Å². The summed E-state index contributed by atoms with van der Waals surface area (Å²) in [5.41, 5.74) is 0.204. The van der Waals surface area contributed by atoms with E-state index in [1.165, 1.54) is 18.2 Å². The molecule has 2 aromatic carbocycles. The summed E-state index contributed by atoms with van der Waals surface area (Å²) in [4.78, 5) is 28.1. The van der Waals surface area contributed by atoms with Crippen LogP contribution in [0.5, 0.6) is 0 Å². The molecule has 0 unspecified atom stereocenters. The summed E-state index contributed by atoms with van der Waals surface area (Å²) in [5, 5.41) is 2.67. The number of halogens is 3. The molecule has 0 radical (unpaired) electrons. The molecule has 1 aromatic heterocycles. The lowest BCUT2D eigenvalue weighted by Crippen LogP contribution is -2.36. The van der Waals surface area contributed by atoms with Crippen molar-refractivity contribution in [3.05, 3.63) is 75.2 Å². The van der Waals surface area contributed by atoms with Gasteiger partial charge in [-0.1, -0.05) is 35.9 Å². The molecule has 0 saturated carbocycles. The number of benzene rings is 2. The molecule has 0 saturated heterocycles. The number of amides is 1. The number of carbonyl (C=O) groups is 1. The minimum Gasteiger partial charge on any atom is -0.350 e. The summed E-state index contributed by atoms with van der Waals surface area (Å²) in [6.45, 7) is 3.51. The minimum atomic E-state index is -4.90. The van der Waals surface area contributed by atoms with Crippen molar-refractivity contribution in [1.29, 1.82) is 0 Å². The van der Waals surface area contributed by atoms with Gasteiger partial charge < -0.3 is 5.32 Å². The van der Waals surface area contributed by atoms with E-state index in [1.54, 1.807) is 6.07 Å². The predicted octanol–water partition coefficient (Wildman–Crippen LogP) is 3.35. The van der Waals surface area contributed by atoms with E-state index in [-0.39, 0.29) is 17.6 Å². The average Bonchev–Trinajstić information content (AvgIpc) is 2.63. The lowest BCUT2D eigenvalue weighted by Gasteiger charge is -2.14. The Morgan fingerprint density at radius 1 is 1.14 bits per heavy atom. The van der Waals surface area contributed by atoms with Gasteiger partial charge in [0.15, 0.2) is 0 Å². The van der Waals surface area contributed by atoms with Gasteiger partial charge in [0.05, 0.1) is 11.0 Å². The molecule has 0 aliphatic rings. The molecule has 1 heterocycles. The normalized spacial score (nSPS) is 11.6. The van der Waals surface area contributed by atoms with Gasteiger partial charge in [-0.25, -0.2) is 4.98 Å². The Morgan fingerprint density at radius 3 is 2.57 bits per heavy atom. The van der Waals surface area contributed by atoms with Crippen molar-refractivity contribution in [1.82, 2.24) is 14.9 Å². The van der Waals surface area contributed by atoms with Crippen molar-refractivity contribution >= 4 is 16.9 Å². The van der Waals surface area contributed by atoms with E-state index in [2.05, 4.69) is 10.3 Å². The van der Waals surface area contributed by atoms with Crippen LogP contribution >= 0.6 is 0 Å². The van der Waals surface area contributed by atoms with Crippen LogP contribution in [0.4, 0.5) is 13.2 Å². The number of rotatable bonds is 4. The lowest BCUT2D eigenvalue weighted by molar-refractivity contribution is -0.142. The van der Waals surface area contributed by atoms with Crippen molar-refractivity contribution in [2.75, 3.05) is 0 Å². The molecule has 3 rings (SSSR count). The Morgan fingerprint density at radius 2 is 1.86 bits per heavy atom. The number of carbonyl (C=O) groups excluding carboxylic acids is 1. The zero-order chi connectivity index (χ0) is 20.5. The van der Waals surface area contributed by atoms with Gasteiger partial charge in [0.1, 0.15) is 6.54 Å². The number of aromatic nitrogens is 2. The van der Waals surface area contributed by atoms with Gasteiger partial charge in [-0.3, -0.25) is 14.2 Å². The Kier molecular flexibility index (Phi) is 5.22. The number of alkyl halides is 3. The van der Waals surface area contributed by atoms with Gasteiger partial charge in [0, 0.05) is 6.54 Å². The zero-order valence-electron chi connectivity index (χ0n) is 15.3. The second-order valence-electron chi connectivity index (χ2n) is 6.54. The van der Waals surface area contributed by atoms with Crippen molar-refractivity contribution in [3.63, 3.8) is 0 Å². The summed E-state index contributed by atoms with van der Waals surface area (Å²) in [5.74, 6) is -0.563. The third-order valence-electron chi connectivity index (χ3n) is 4.40. The van der Waals surface area contributed by atoms with E-state index < -0.39 is 29.9 Å². The maximum absolute atomic E-state index is 13.2. The van der Waals surface area contributed by atoms with Gasteiger partial charge in [-0.2, -0.15) is 13.2 Å². The van der Waals surface area contributed by atoms with Crippen molar-refractivity contribution < 1.29 is 18.0 Å². The van der Waals surface area contributed by atoms with Crippen LogP contribution in [-0.2, 0) is 24.1 Å². The number of nitrogens with one attached hydrogen (secondary N) is 1. The summed E-state index contributed by atoms with van der Waals surface area (Å²) < 4.78 is 40.3. The molecular weight excluding hydrogens is 371 g/mol. The molecule has 0 fully saturated rings. The first kappa shape index (κ1) is 19.6. The third-order valence-corrected chi connectivity index (χ3v) is 4.40. The molecule has 146 valence electrons. The molecule has 28 heavy (non-hydrogen) atoms. The smallest absolute Gasteiger partial charge is 0.350 e. The van der Waals surface area contributed by atoms with Crippen molar-refractivity contribution in [3.8, 4) is 0 Å². The van der Waals surface area contributed by atoms with Gasteiger partial charge in [-0.15, -0.1) is 0 Å². The summed E-state index contributed by atoms with van der Waals surface area (Å²) in [6.07, 6.45) is -4.90. The fourth-order valence-corrected chi connectivity index (χ4v) is 2.92. The maximum atomic E-state index is 13.2. The molecule has 3 aromatic rings. The van der Waals surface area contributed by atoms with Crippen LogP contribution in [-0.4, -0.2) is 15.5 Å². The number of hydrogen-bond acceptors (Lipinski definition) is 3. The molecule has 8 heteroatoms. The van der Waals surface area contributed by atoms with E-state index in [9.17, 15) is 22.8 Å². The van der Waals surface area contributed by atoms with E-state index in [0.29, 0.717) is 0 Å². The standard InChI is InChI=1S/C20H18F3N3O2/c1-12-7-8-13(2)14(9-12)10-24-17(27)11-26-16-6-4-3-5-15(16)25-18(19(26)28)20(21,22)23/h3-9H,10-11H2,1-2H3,(H,24,27). The minimum absolute atomic E-state index is 0.00301. The van der Waals surface area contributed by atoms with Gasteiger partial charge >= 0.3 is 6.18 Å². The Bertz CT molecular complexity index is 1100. The SMILES string of the molecule is Cc1ccc(C)c(CNC(=O)Cn2c(=O)c(C(F)(F)F)nc3ccccc32)c1. The van der Waals surface area contributed by atoms with Crippen LogP contribution in [0.1, 0.15) is 22.4 Å². The van der Waals surface area contributed by atoms with Gasteiger partial charge in [0.2, 0.25) is 11.6 Å². The zero-order valence-corrected chi connectivity index (χ0v) is 15.3. The summed E-state index contributed by atoms with van der Waals surface area (Å²) in [7, 11) is 0. The Hall–Kier alpha value is -3.16. The summed E-state index contributed by atoms with van der Waals surface area (Å²) in [6, 6.07) is 11.7. The molecule has 0 bridgehead atoms. The Balaban J connectivity index is 1.91. The van der Waals surface area contributed by atoms with Crippen LogP contribution < -0.4 is 10.9 Å². The summed E-state index contributed by atoms with van der Waals surface area (Å²) >= 11 is 0. The molecule has 0 aliphatic heterocycles. The highest BCUT2D eigenvalue weighted by molar-refractivity contribution is 5.80. The molecule has 1 N–H and O–H groups in total. The largest absolute Gasteiger partial charge is 0.438 e. The molecule has 0 spiro atoms. The molecular formula is C20H18F3N3O2. The number of hydrogen-bond donors (Lipinski definition) is 1. The van der Waals surface area contributed by atoms with E-state index >= 15 is 0 Å². The highest BCUT2D eigenvalue weighted by Gasteiger charge is 2.37. The van der Waals surface area contributed by atoms with Crippen molar-refractivity contribution in [2.45, 2.75) is 33.1 Å². The quantitative estimate of drug-likeness (QED) is 0.744. The number of para-hydroxylation sites is 2. The third kappa shape index (κ3) is 4.05. The predicted molar refractivity (Wildman–Crippen MR) is 98.8 cm³/mol.